The minimum Gasteiger partial charge on any atom is -0.147 e. The number of allylic oxidation sites excluding steroid dienone is 8. The van der Waals surface area contributed by atoms with E-state index in [1.807, 2.05) is 6.56 Å². The molecule has 0 atom stereocenters. The molecule has 0 aliphatic heterocycles. The molecule has 0 fully saturated rings. The van der Waals surface area contributed by atoms with Crippen molar-refractivity contribution in [1.82, 2.24) is 0 Å². The summed E-state index contributed by atoms with van der Waals surface area (Å²) in [6, 6.07) is 0. The van der Waals surface area contributed by atoms with Crippen LogP contribution in [-0.4, -0.2) is 5.92 Å². The molecule has 2 rings (SSSR count). The van der Waals surface area contributed by atoms with Gasteiger partial charge in [-0.15, -0.1) is 24.8 Å². The average molecular weight is 494 g/mol. The van der Waals surface area contributed by atoms with Crippen LogP contribution in [0.15, 0.2) is 41.0 Å². The van der Waals surface area contributed by atoms with Crippen LogP contribution >= 0.6 is 24.8 Å². The van der Waals surface area contributed by atoms with Gasteiger partial charge in [0.15, 0.2) is 0 Å². The molecule has 0 spiro atoms. The van der Waals surface area contributed by atoms with Gasteiger partial charge < -0.3 is 0 Å². The van der Waals surface area contributed by atoms with Crippen LogP contribution in [-0.2, 0) is 20.9 Å². The first-order valence-electron chi connectivity index (χ1n) is 9.54. The van der Waals surface area contributed by atoms with Gasteiger partial charge in [0.25, 0.3) is 0 Å². The topological polar surface area (TPSA) is 0 Å². The third kappa shape index (κ3) is 5.37. The molecule has 0 amide bonds. The van der Waals surface area contributed by atoms with E-state index in [0.717, 1.165) is 0 Å². The second-order valence-corrected chi connectivity index (χ2v) is 29.2. The Labute approximate surface area is 183 Å². The Bertz CT molecular complexity index is 599. The molecule has 26 heavy (non-hydrogen) atoms. The molecule has 0 unspecified atom stereocenters. The Balaban J connectivity index is 0.00000312. The smallest absolute Gasteiger partial charge is 0.147 e. The summed E-state index contributed by atoms with van der Waals surface area (Å²) in [6.07, 6.45) is 7.65. The fourth-order valence-corrected chi connectivity index (χ4v) is 25.3. The second-order valence-electron chi connectivity index (χ2n) is 9.92. The van der Waals surface area contributed by atoms with Crippen molar-refractivity contribution in [2.24, 2.45) is 10.8 Å². The van der Waals surface area contributed by atoms with Crippen LogP contribution in [0.2, 0.25) is 13.1 Å². The van der Waals surface area contributed by atoms with E-state index in [4.69, 9.17) is 0 Å². The fourth-order valence-electron chi connectivity index (χ4n) is 4.59. The number of hydrogen-bond acceptors (Lipinski definition) is 0. The summed E-state index contributed by atoms with van der Waals surface area (Å²) < 4.78 is 3.86. The predicted molar refractivity (Wildman–Crippen MR) is 123 cm³/mol. The van der Waals surface area contributed by atoms with Crippen molar-refractivity contribution in [3.63, 3.8) is 0 Å². The Morgan fingerprint density at radius 1 is 0.731 bits per heavy atom. The van der Waals surface area contributed by atoms with Crippen LogP contribution in [0.3, 0.4) is 0 Å². The van der Waals surface area contributed by atoms with Crippen molar-refractivity contribution in [3.05, 3.63) is 41.0 Å². The molecular weight excluding hydrogens is 454 g/mol. The molecule has 0 nitrogen and oxygen atoms in total. The molecule has 2 aliphatic rings. The van der Waals surface area contributed by atoms with Crippen LogP contribution in [0.1, 0.15) is 68.2 Å². The van der Waals surface area contributed by atoms with Crippen LogP contribution in [0, 0.1) is 10.8 Å². The van der Waals surface area contributed by atoms with Gasteiger partial charge in [0, 0.05) is 0 Å². The van der Waals surface area contributed by atoms with E-state index >= 15 is 0 Å². The number of hydrogen-bond donors (Lipinski definition) is 0. The van der Waals surface area contributed by atoms with Gasteiger partial charge in [-0.3, -0.25) is 0 Å². The van der Waals surface area contributed by atoms with Crippen molar-refractivity contribution >= 4 is 30.7 Å². The van der Waals surface area contributed by atoms with Gasteiger partial charge in [0.2, 0.25) is 0 Å². The minimum absolute atomic E-state index is 0. The summed E-state index contributed by atoms with van der Waals surface area (Å²) in [4.78, 5) is 0. The van der Waals surface area contributed by atoms with E-state index in [2.05, 4.69) is 80.6 Å². The van der Waals surface area contributed by atoms with Gasteiger partial charge in [-0.25, -0.2) is 0 Å². The van der Waals surface area contributed by atoms with E-state index in [9.17, 15) is 0 Å². The third-order valence-corrected chi connectivity index (χ3v) is 25.4. The maximum absolute atomic E-state index is 2.62. The van der Waals surface area contributed by atoms with Gasteiger partial charge in [-0.1, -0.05) is 0 Å². The van der Waals surface area contributed by atoms with Crippen molar-refractivity contribution in [3.8, 4) is 0 Å². The predicted octanol–water partition coefficient (Wildman–Crippen LogP) is 7.73. The zero-order valence-corrected chi connectivity index (χ0v) is 23.7. The molecule has 0 saturated carbocycles. The van der Waals surface area contributed by atoms with Gasteiger partial charge in [0.05, 0.1) is 0 Å². The molecule has 2 aliphatic carbocycles. The molecule has 149 valence electrons. The van der Waals surface area contributed by atoms with Crippen LogP contribution in [0.4, 0.5) is 0 Å². The quantitative estimate of drug-likeness (QED) is 0.353. The number of rotatable bonds is 3. The van der Waals surface area contributed by atoms with Gasteiger partial charge in [-0.2, -0.15) is 0 Å². The van der Waals surface area contributed by atoms with E-state index in [1.165, 1.54) is 12.8 Å². The van der Waals surface area contributed by atoms with Crippen molar-refractivity contribution in [1.29, 1.82) is 0 Å². The maximum atomic E-state index is 2.62. The molecule has 0 N–H and O–H groups in total. The largest absolute Gasteiger partial charge is 0.147 e. The zero-order chi connectivity index (χ0) is 18.4. The van der Waals surface area contributed by atoms with Crippen LogP contribution in [0.5, 0.6) is 0 Å². The van der Waals surface area contributed by atoms with Gasteiger partial charge >= 0.3 is 160 Å². The molecule has 0 bridgehead atoms. The SMILES string of the molecule is CC1=[C]([Zr]([C]2=C(C)C(C(C)(C)C)=CC2)[SiH](C)C)CC=C1C(C)(C)C.Cl.Cl. The fraction of sp³-hybridized carbons (Fsp3) is 0.636. The molecule has 0 saturated heterocycles. The zero-order valence-electron chi connectivity index (χ0n) is 18.5. The molecular formula is C22H39Cl2SiZr. The summed E-state index contributed by atoms with van der Waals surface area (Å²) >= 11 is -1.66. The Kier molecular flexibility index (Phi) is 9.66. The summed E-state index contributed by atoms with van der Waals surface area (Å²) in [7, 11) is 0. The molecule has 0 aromatic rings. The third-order valence-electron chi connectivity index (χ3n) is 5.58. The first-order chi connectivity index (χ1) is 10.9. The van der Waals surface area contributed by atoms with Gasteiger partial charge in [0.1, 0.15) is 0 Å². The van der Waals surface area contributed by atoms with Crippen LogP contribution in [0.25, 0.3) is 0 Å². The summed E-state index contributed by atoms with van der Waals surface area (Å²) in [5, 5.41) is 0. The summed E-state index contributed by atoms with van der Waals surface area (Å²) in [5.74, 6) is -0.617. The van der Waals surface area contributed by atoms with E-state index < -0.39 is 26.8 Å². The monoisotopic (exact) mass is 491 g/mol. The minimum atomic E-state index is -1.66. The van der Waals surface area contributed by atoms with E-state index in [0.29, 0.717) is 10.8 Å². The molecule has 0 aromatic carbocycles. The van der Waals surface area contributed by atoms with E-state index in [1.54, 1.807) is 22.3 Å². The Morgan fingerprint density at radius 2 is 1.04 bits per heavy atom. The summed E-state index contributed by atoms with van der Waals surface area (Å²) in [6.45, 7) is 24.4. The van der Waals surface area contributed by atoms with E-state index in [-0.39, 0.29) is 24.8 Å². The first kappa shape index (κ1) is 26.6. The molecule has 0 aromatic heterocycles. The van der Waals surface area contributed by atoms with Crippen molar-refractivity contribution < 1.29 is 20.9 Å². The standard InChI is InChI=1S/2C10H15.C2H7Si.2ClH.Zr/c2*1-8-6-5-7-9(8)10(2,3)4;1-3-2;;;/h2*7H,5H2,1-4H3;3H,1-2H3;2*1H;. The average Bonchev–Trinajstić information content (AvgIpc) is 2.94. The van der Waals surface area contributed by atoms with Crippen molar-refractivity contribution in [2.45, 2.75) is 81.3 Å². The first-order valence-corrected chi connectivity index (χ1v) is 19.1. The Hall–Kier alpha value is 0.640. The molecule has 0 heterocycles. The normalized spacial score (nSPS) is 18.0. The van der Waals surface area contributed by atoms with Crippen molar-refractivity contribution in [2.75, 3.05) is 0 Å². The maximum Gasteiger partial charge on any atom is -0.147 e. The molecule has 0 radical (unpaired) electrons. The van der Waals surface area contributed by atoms with Crippen LogP contribution < -0.4 is 0 Å². The van der Waals surface area contributed by atoms with Gasteiger partial charge in [-0.05, 0) is 0 Å². The Morgan fingerprint density at radius 3 is 1.23 bits per heavy atom. The molecule has 4 heteroatoms. The summed E-state index contributed by atoms with van der Waals surface area (Å²) in [5.41, 5.74) is 7.22. The number of halogens is 2. The second kappa shape index (κ2) is 9.43.